The zero-order valence-electron chi connectivity index (χ0n) is 7.22. The van der Waals surface area contributed by atoms with Crippen molar-refractivity contribution in [1.82, 2.24) is 4.98 Å². The van der Waals surface area contributed by atoms with Crippen LogP contribution in [0, 0.1) is 0 Å². The molecule has 0 aromatic carbocycles. The van der Waals surface area contributed by atoms with Gasteiger partial charge < -0.3 is 5.11 Å². The molecule has 1 N–H and O–H groups in total. The standard InChI is InChI=1S/C10H8BrNOS/c11-7-3-1-5-12-9(7)10(13)8-4-2-6-14-8/h1-6,10,13H. The maximum atomic E-state index is 9.98. The lowest BCUT2D eigenvalue weighted by molar-refractivity contribution is 0.218. The van der Waals surface area contributed by atoms with E-state index in [0.29, 0.717) is 5.69 Å². The van der Waals surface area contributed by atoms with Gasteiger partial charge in [0, 0.05) is 15.5 Å². The minimum Gasteiger partial charge on any atom is -0.381 e. The van der Waals surface area contributed by atoms with E-state index in [1.807, 2.05) is 29.6 Å². The van der Waals surface area contributed by atoms with Gasteiger partial charge in [0.2, 0.25) is 0 Å². The van der Waals surface area contributed by atoms with E-state index in [9.17, 15) is 5.11 Å². The maximum Gasteiger partial charge on any atom is 0.131 e. The molecule has 0 fully saturated rings. The molecule has 2 aromatic heterocycles. The molecule has 4 heteroatoms. The maximum absolute atomic E-state index is 9.98. The van der Waals surface area contributed by atoms with Crippen molar-refractivity contribution in [3.8, 4) is 0 Å². The molecule has 72 valence electrons. The summed E-state index contributed by atoms with van der Waals surface area (Å²) in [6, 6.07) is 7.52. The normalized spacial score (nSPS) is 12.7. The Kier molecular flexibility index (Phi) is 2.96. The number of pyridine rings is 1. The molecule has 0 aliphatic rings. The number of nitrogens with zero attached hydrogens (tertiary/aromatic N) is 1. The summed E-state index contributed by atoms with van der Waals surface area (Å²) in [6.07, 6.45) is 1.04. The van der Waals surface area contributed by atoms with Crippen LogP contribution in [0.15, 0.2) is 40.3 Å². The molecule has 0 spiro atoms. The van der Waals surface area contributed by atoms with Crippen LogP contribution in [0.25, 0.3) is 0 Å². The molecule has 0 saturated carbocycles. The van der Waals surface area contributed by atoms with Gasteiger partial charge in [-0.15, -0.1) is 11.3 Å². The van der Waals surface area contributed by atoms with E-state index in [1.54, 1.807) is 6.20 Å². The smallest absolute Gasteiger partial charge is 0.131 e. The summed E-state index contributed by atoms with van der Waals surface area (Å²) in [5.74, 6) is 0. The Labute approximate surface area is 94.4 Å². The van der Waals surface area contributed by atoms with Crippen LogP contribution in [-0.2, 0) is 0 Å². The average molecular weight is 270 g/mol. The average Bonchev–Trinajstić information content (AvgIpc) is 2.70. The summed E-state index contributed by atoms with van der Waals surface area (Å²) in [4.78, 5) is 5.05. The van der Waals surface area contributed by atoms with E-state index in [0.717, 1.165) is 9.35 Å². The van der Waals surface area contributed by atoms with Crippen molar-refractivity contribution in [2.45, 2.75) is 6.10 Å². The van der Waals surface area contributed by atoms with Crippen molar-refractivity contribution >= 4 is 27.3 Å². The molecule has 14 heavy (non-hydrogen) atoms. The Hall–Kier alpha value is -0.710. The molecule has 1 atom stereocenters. The zero-order valence-corrected chi connectivity index (χ0v) is 9.62. The second-order valence-electron chi connectivity index (χ2n) is 2.79. The number of rotatable bonds is 2. The van der Waals surface area contributed by atoms with Crippen LogP contribution in [0.1, 0.15) is 16.7 Å². The monoisotopic (exact) mass is 269 g/mol. The third-order valence-electron chi connectivity index (χ3n) is 1.86. The first-order valence-corrected chi connectivity index (χ1v) is 5.78. The van der Waals surface area contributed by atoms with Crippen LogP contribution in [0.5, 0.6) is 0 Å². The predicted octanol–water partition coefficient (Wildman–Crippen LogP) is 2.99. The van der Waals surface area contributed by atoms with Gasteiger partial charge >= 0.3 is 0 Å². The highest BCUT2D eigenvalue weighted by molar-refractivity contribution is 9.10. The predicted molar refractivity (Wildman–Crippen MR) is 60.3 cm³/mol. The van der Waals surface area contributed by atoms with Crippen LogP contribution in [0.2, 0.25) is 0 Å². The summed E-state index contributed by atoms with van der Waals surface area (Å²) >= 11 is 4.89. The molecule has 0 saturated heterocycles. The van der Waals surface area contributed by atoms with Crippen LogP contribution < -0.4 is 0 Å². The number of aromatic nitrogens is 1. The van der Waals surface area contributed by atoms with Gasteiger partial charge in [-0.2, -0.15) is 0 Å². The van der Waals surface area contributed by atoms with Crippen molar-refractivity contribution in [2.24, 2.45) is 0 Å². The van der Waals surface area contributed by atoms with E-state index in [4.69, 9.17) is 0 Å². The van der Waals surface area contributed by atoms with Gasteiger partial charge in [0.25, 0.3) is 0 Å². The third-order valence-corrected chi connectivity index (χ3v) is 3.45. The molecule has 0 aliphatic heterocycles. The van der Waals surface area contributed by atoms with Crippen molar-refractivity contribution in [3.63, 3.8) is 0 Å². The Bertz CT molecular complexity index is 416. The fourth-order valence-electron chi connectivity index (χ4n) is 1.18. The Morgan fingerprint density at radius 1 is 1.36 bits per heavy atom. The van der Waals surface area contributed by atoms with E-state index in [-0.39, 0.29) is 0 Å². The van der Waals surface area contributed by atoms with Crippen molar-refractivity contribution in [3.05, 3.63) is 50.9 Å². The molecular formula is C10H8BrNOS. The highest BCUT2D eigenvalue weighted by atomic mass is 79.9. The van der Waals surface area contributed by atoms with Crippen LogP contribution in [-0.4, -0.2) is 10.1 Å². The second kappa shape index (κ2) is 4.21. The van der Waals surface area contributed by atoms with Gasteiger partial charge in [-0.25, -0.2) is 0 Å². The summed E-state index contributed by atoms with van der Waals surface area (Å²) in [5, 5.41) is 11.9. The number of thiophene rings is 1. The molecule has 0 amide bonds. The van der Waals surface area contributed by atoms with Crippen molar-refractivity contribution in [1.29, 1.82) is 0 Å². The summed E-state index contributed by atoms with van der Waals surface area (Å²) in [7, 11) is 0. The number of halogens is 1. The first-order chi connectivity index (χ1) is 6.79. The first kappa shape index (κ1) is 9.83. The van der Waals surface area contributed by atoms with Crippen molar-refractivity contribution in [2.75, 3.05) is 0 Å². The highest BCUT2D eigenvalue weighted by Crippen LogP contribution is 2.28. The number of aliphatic hydroxyl groups is 1. The summed E-state index contributed by atoms with van der Waals surface area (Å²) in [5.41, 5.74) is 0.662. The molecule has 2 aromatic rings. The fraction of sp³-hybridized carbons (Fsp3) is 0.100. The van der Waals surface area contributed by atoms with E-state index >= 15 is 0 Å². The van der Waals surface area contributed by atoms with Gasteiger partial charge in [-0.1, -0.05) is 6.07 Å². The third kappa shape index (κ3) is 1.87. The SMILES string of the molecule is OC(c1cccs1)c1ncccc1Br. The number of hydrogen-bond donors (Lipinski definition) is 1. The molecule has 1 unspecified atom stereocenters. The molecule has 2 rings (SSSR count). The number of aliphatic hydroxyl groups excluding tert-OH is 1. The lowest BCUT2D eigenvalue weighted by atomic mass is 10.2. The molecule has 2 nitrogen and oxygen atoms in total. The molecule has 2 heterocycles. The minimum absolute atomic E-state index is 0.634. The van der Waals surface area contributed by atoms with Crippen molar-refractivity contribution < 1.29 is 5.11 Å². The van der Waals surface area contributed by atoms with E-state index < -0.39 is 6.10 Å². The minimum atomic E-state index is -0.634. The van der Waals surface area contributed by atoms with Gasteiger partial charge in [0.1, 0.15) is 6.10 Å². The Balaban J connectivity index is 2.37. The lowest BCUT2D eigenvalue weighted by Crippen LogP contribution is -2.00. The summed E-state index contributed by atoms with van der Waals surface area (Å²) in [6.45, 7) is 0. The highest BCUT2D eigenvalue weighted by Gasteiger charge is 2.15. The Morgan fingerprint density at radius 3 is 2.86 bits per heavy atom. The quantitative estimate of drug-likeness (QED) is 0.910. The van der Waals surface area contributed by atoms with Gasteiger partial charge in [0.15, 0.2) is 0 Å². The Morgan fingerprint density at radius 2 is 2.21 bits per heavy atom. The second-order valence-corrected chi connectivity index (χ2v) is 4.62. The number of hydrogen-bond acceptors (Lipinski definition) is 3. The topological polar surface area (TPSA) is 33.1 Å². The van der Waals surface area contributed by atoms with Crippen LogP contribution in [0.4, 0.5) is 0 Å². The molecule has 0 aliphatic carbocycles. The fourth-order valence-corrected chi connectivity index (χ4v) is 2.36. The molecule has 0 radical (unpaired) electrons. The van der Waals surface area contributed by atoms with Gasteiger partial charge in [-0.3, -0.25) is 4.98 Å². The van der Waals surface area contributed by atoms with Gasteiger partial charge in [0.05, 0.1) is 5.69 Å². The molecular weight excluding hydrogens is 262 g/mol. The lowest BCUT2D eigenvalue weighted by Gasteiger charge is -2.08. The first-order valence-electron chi connectivity index (χ1n) is 4.11. The van der Waals surface area contributed by atoms with E-state index in [1.165, 1.54) is 11.3 Å². The largest absolute Gasteiger partial charge is 0.381 e. The van der Waals surface area contributed by atoms with Gasteiger partial charge in [-0.05, 0) is 39.5 Å². The zero-order chi connectivity index (χ0) is 9.97. The van der Waals surface area contributed by atoms with E-state index in [2.05, 4.69) is 20.9 Å². The molecule has 0 bridgehead atoms. The van der Waals surface area contributed by atoms with Crippen LogP contribution in [0.3, 0.4) is 0 Å². The van der Waals surface area contributed by atoms with Crippen LogP contribution >= 0.6 is 27.3 Å². The summed E-state index contributed by atoms with van der Waals surface area (Å²) < 4.78 is 0.834.